The summed E-state index contributed by atoms with van der Waals surface area (Å²) in [6.07, 6.45) is 2.31. The van der Waals surface area contributed by atoms with E-state index in [-0.39, 0.29) is 23.6 Å². The SMILES string of the molecule is CCOc1cc(/C=C2\SC(=O)N(CCc3ccccc3)C2=O)ccc1OCc1ccc(F)cc1. The molecule has 0 aliphatic carbocycles. The smallest absolute Gasteiger partial charge is 0.293 e. The first-order chi connectivity index (χ1) is 16.5. The van der Waals surface area contributed by atoms with Crippen molar-refractivity contribution in [3.63, 3.8) is 0 Å². The third-order valence-corrected chi connectivity index (χ3v) is 6.12. The van der Waals surface area contributed by atoms with Crippen molar-refractivity contribution in [3.05, 3.63) is 100 Å². The quantitative estimate of drug-likeness (QED) is 0.350. The monoisotopic (exact) mass is 477 g/mol. The van der Waals surface area contributed by atoms with Crippen molar-refractivity contribution in [2.45, 2.75) is 20.0 Å². The number of hydrogen-bond donors (Lipinski definition) is 0. The van der Waals surface area contributed by atoms with Crippen molar-refractivity contribution >= 4 is 29.0 Å². The largest absolute Gasteiger partial charge is 0.490 e. The second-order valence-electron chi connectivity index (χ2n) is 7.62. The number of halogens is 1. The van der Waals surface area contributed by atoms with Crippen molar-refractivity contribution in [1.82, 2.24) is 4.90 Å². The van der Waals surface area contributed by atoms with Crippen molar-refractivity contribution in [3.8, 4) is 11.5 Å². The molecule has 34 heavy (non-hydrogen) atoms. The molecule has 3 aromatic carbocycles. The summed E-state index contributed by atoms with van der Waals surface area (Å²) in [5.41, 5.74) is 2.63. The van der Waals surface area contributed by atoms with E-state index in [0.717, 1.165) is 28.5 Å². The average Bonchev–Trinajstić information content (AvgIpc) is 3.11. The summed E-state index contributed by atoms with van der Waals surface area (Å²) >= 11 is 0.940. The van der Waals surface area contributed by atoms with Crippen LogP contribution >= 0.6 is 11.8 Å². The molecule has 5 nitrogen and oxygen atoms in total. The number of carbonyl (C=O) groups excluding carboxylic acids is 2. The Morgan fingerprint density at radius 1 is 0.912 bits per heavy atom. The molecule has 4 rings (SSSR count). The van der Waals surface area contributed by atoms with Gasteiger partial charge in [-0.1, -0.05) is 48.5 Å². The first-order valence-electron chi connectivity index (χ1n) is 11.0. The Bertz CT molecular complexity index is 1200. The lowest BCUT2D eigenvalue weighted by Crippen LogP contribution is -2.30. The number of amides is 2. The van der Waals surface area contributed by atoms with Crippen LogP contribution in [0.5, 0.6) is 11.5 Å². The molecule has 3 aromatic rings. The molecule has 1 saturated heterocycles. The number of carbonyl (C=O) groups is 2. The Labute approximate surface area is 202 Å². The van der Waals surface area contributed by atoms with E-state index in [1.165, 1.54) is 17.0 Å². The molecular formula is C27H24FNO4S. The van der Waals surface area contributed by atoms with Crippen LogP contribution in [0.2, 0.25) is 0 Å². The second kappa shape index (κ2) is 11.0. The maximum absolute atomic E-state index is 13.1. The molecular weight excluding hydrogens is 453 g/mol. The van der Waals surface area contributed by atoms with Gasteiger partial charge in [-0.2, -0.15) is 0 Å². The minimum Gasteiger partial charge on any atom is -0.490 e. The van der Waals surface area contributed by atoms with Crippen molar-refractivity contribution < 1.29 is 23.5 Å². The maximum Gasteiger partial charge on any atom is 0.293 e. The van der Waals surface area contributed by atoms with Crippen LogP contribution in [0.25, 0.3) is 6.08 Å². The van der Waals surface area contributed by atoms with E-state index in [9.17, 15) is 14.0 Å². The molecule has 0 N–H and O–H groups in total. The number of benzene rings is 3. The maximum atomic E-state index is 13.1. The predicted octanol–water partition coefficient (Wildman–Crippen LogP) is 6.08. The van der Waals surface area contributed by atoms with Crippen LogP contribution in [0, 0.1) is 5.82 Å². The Hall–Kier alpha value is -3.58. The zero-order valence-corrected chi connectivity index (χ0v) is 19.5. The van der Waals surface area contributed by atoms with E-state index in [0.29, 0.717) is 36.0 Å². The summed E-state index contributed by atoms with van der Waals surface area (Å²) in [5.74, 6) is 0.481. The van der Waals surface area contributed by atoms with Gasteiger partial charge < -0.3 is 9.47 Å². The number of thioether (sulfide) groups is 1. The van der Waals surface area contributed by atoms with E-state index in [4.69, 9.17) is 9.47 Å². The summed E-state index contributed by atoms with van der Waals surface area (Å²) in [5, 5.41) is -0.267. The highest BCUT2D eigenvalue weighted by molar-refractivity contribution is 8.18. The minimum absolute atomic E-state index is 0.264. The van der Waals surface area contributed by atoms with E-state index in [1.54, 1.807) is 36.4 Å². The topological polar surface area (TPSA) is 55.8 Å². The molecule has 0 unspecified atom stereocenters. The molecule has 174 valence electrons. The number of nitrogens with zero attached hydrogens (tertiary/aromatic N) is 1. The highest BCUT2D eigenvalue weighted by atomic mass is 32.2. The molecule has 1 fully saturated rings. The standard InChI is InChI=1S/C27H24FNO4S/c1-2-32-24-16-21(10-13-23(24)33-18-20-8-11-22(28)12-9-20)17-25-26(30)29(27(31)34-25)15-14-19-6-4-3-5-7-19/h3-13,16-17H,2,14-15,18H2,1H3/b25-17-. The lowest BCUT2D eigenvalue weighted by Gasteiger charge is -2.13. The molecule has 0 aromatic heterocycles. The molecule has 1 aliphatic heterocycles. The zero-order chi connectivity index (χ0) is 23.9. The van der Waals surface area contributed by atoms with Gasteiger partial charge in [0.1, 0.15) is 12.4 Å². The molecule has 0 spiro atoms. The lowest BCUT2D eigenvalue weighted by molar-refractivity contribution is -0.122. The minimum atomic E-state index is -0.299. The Balaban J connectivity index is 1.46. The van der Waals surface area contributed by atoms with Gasteiger partial charge in [-0.15, -0.1) is 0 Å². The van der Waals surface area contributed by atoms with Crippen LogP contribution in [0.3, 0.4) is 0 Å². The van der Waals surface area contributed by atoms with Gasteiger partial charge in [0, 0.05) is 6.54 Å². The van der Waals surface area contributed by atoms with Crippen molar-refractivity contribution in [2.75, 3.05) is 13.2 Å². The van der Waals surface area contributed by atoms with E-state index >= 15 is 0 Å². The van der Waals surface area contributed by atoms with Gasteiger partial charge in [-0.05, 0) is 72.1 Å². The number of ether oxygens (including phenoxy) is 2. The summed E-state index contributed by atoms with van der Waals surface area (Å²) in [7, 11) is 0. The molecule has 0 bridgehead atoms. The van der Waals surface area contributed by atoms with Crippen molar-refractivity contribution in [1.29, 1.82) is 0 Å². The van der Waals surface area contributed by atoms with Crippen LogP contribution in [0.1, 0.15) is 23.6 Å². The highest BCUT2D eigenvalue weighted by Gasteiger charge is 2.34. The summed E-state index contributed by atoms with van der Waals surface area (Å²) in [6.45, 7) is 2.91. The van der Waals surface area contributed by atoms with Crippen LogP contribution in [0.15, 0.2) is 77.7 Å². The predicted molar refractivity (Wildman–Crippen MR) is 131 cm³/mol. The van der Waals surface area contributed by atoms with Crippen LogP contribution in [-0.2, 0) is 17.8 Å². The van der Waals surface area contributed by atoms with Gasteiger partial charge in [0.15, 0.2) is 11.5 Å². The molecule has 1 aliphatic rings. The van der Waals surface area contributed by atoms with E-state index < -0.39 is 0 Å². The molecule has 2 amide bonds. The Morgan fingerprint density at radius 3 is 2.41 bits per heavy atom. The van der Waals surface area contributed by atoms with Crippen molar-refractivity contribution in [2.24, 2.45) is 0 Å². The van der Waals surface area contributed by atoms with Gasteiger partial charge in [0.05, 0.1) is 11.5 Å². The van der Waals surface area contributed by atoms with Gasteiger partial charge in [0.25, 0.3) is 11.1 Å². The van der Waals surface area contributed by atoms with Gasteiger partial charge in [-0.3, -0.25) is 14.5 Å². The normalized spacial score (nSPS) is 14.6. The molecule has 7 heteroatoms. The molecule has 0 saturated carbocycles. The van der Waals surface area contributed by atoms with Crippen LogP contribution in [0.4, 0.5) is 9.18 Å². The summed E-state index contributed by atoms with van der Waals surface area (Å²) < 4.78 is 24.7. The van der Waals surface area contributed by atoms with Gasteiger partial charge in [-0.25, -0.2) is 4.39 Å². The Kier molecular flexibility index (Phi) is 7.65. The first-order valence-corrected chi connectivity index (χ1v) is 11.8. The lowest BCUT2D eigenvalue weighted by atomic mass is 10.1. The van der Waals surface area contributed by atoms with Crippen LogP contribution in [-0.4, -0.2) is 29.2 Å². The third-order valence-electron chi connectivity index (χ3n) is 5.21. The van der Waals surface area contributed by atoms with Gasteiger partial charge in [0.2, 0.25) is 0 Å². The Morgan fingerprint density at radius 2 is 1.68 bits per heavy atom. The fourth-order valence-electron chi connectivity index (χ4n) is 3.47. The third kappa shape index (κ3) is 5.85. The number of hydrogen-bond acceptors (Lipinski definition) is 5. The molecule has 1 heterocycles. The van der Waals surface area contributed by atoms with Gasteiger partial charge >= 0.3 is 0 Å². The first kappa shape index (κ1) is 23.6. The number of rotatable bonds is 9. The highest BCUT2D eigenvalue weighted by Crippen LogP contribution is 2.35. The number of imide groups is 1. The zero-order valence-electron chi connectivity index (χ0n) is 18.7. The van der Waals surface area contributed by atoms with Crippen LogP contribution < -0.4 is 9.47 Å². The fraction of sp³-hybridized carbons (Fsp3) is 0.185. The van der Waals surface area contributed by atoms with E-state index in [1.807, 2.05) is 37.3 Å². The van der Waals surface area contributed by atoms with E-state index in [2.05, 4.69) is 0 Å². The summed E-state index contributed by atoms with van der Waals surface area (Å²) in [4.78, 5) is 26.9. The molecule has 0 atom stereocenters. The summed E-state index contributed by atoms with van der Waals surface area (Å²) in [6, 6.07) is 21.2. The average molecular weight is 478 g/mol. The second-order valence-corrected chi connectivity index (χ2v) is 8.62. The molecule has 0 radical (unpaired) electrons. The fourth-order valence-corrected chi connectivity index (χ4v) is 4.34.